The number of nitrogens with zero attached hydrogens (tertiary/aromatic N) is 1. The quantitative estimate of drug-likeness (QED) is 0.692. The van der Waals surface area contributed by atoms with E-state index in [1.807, 2.05) is 0 Å². The third-order valence-electron chi connectivity index (χ3n) is 2.58. The highest BCUT2D eigenvalue weighted by atomic mass is 19.1. The maximum absolute atomic E-state index is 13.5. The van der Waals surface area contributed by atoms with Gasteiger partial charge in [0.2, 0.25) is 0 Å². The average molecular weight is 247 g/mol. The molecule has 90 valence electrons. The van der Waals surface area contributed by atoms with Crippen molar-refractivity contribution in [2.24, 2.45) is 0 Å². The molecule has 0 saturated carbocycles. The summed E-state index contributed by atoms with van der Waals surface area (Å²) in [6, 6.07) is 3.22. The second kappa shape index (κ2) is 3.76. The Labute approximate surface area is 99.3 Å². The lowest BCUT2D eigenvalue weighted by atomic mass is 10.2. The molecule has 0 saturated heterocycles. The lowest BCUT2D eigenvalue weighted by Gasteiger charge is -1.92. The maximum Gasteiger partial charge on any atom is 0.192 e. The topological polar surface area (TPSA) is 61.5 Å². The zero-order chi connectivity index (χ0) is 12.7. The van der Waals surface area contributed by atoms with E-state index in [1.165, 1.54) is 18.5 Å². The molecule has 0 aliphatic carbocycles. The summed E-state index contributed by atoms with van der Waals surface area (Å²) >= 11 is 0. The first-order chi connectivity index (χ1) is 8.65. The zero-order valence-electron chi connectivity index (χ0n) is 9.00. The average Bonchev–Trinajstić information content (AvgIpc) is 2.73. The Kier molecular flexibility index (Phi) is 2.22. The molecule has 4 nitrogen and oxygen atoms in total. The van der Waals surface area contributed by atoms with Gasteiger partial charge in [0.25, 0.3) is 0 Å². The molecule has 3 aromatic rings. The third kappa shape index (κ3) is 1.58. The van der Waals surface area contributed by atoms with Gasteiger partial charge in [-0.3, -0.25) is 4.79 Å². The second-order valence-corrected chi connectivity index (χ2v) is 3.79. The smallest absolute Gasteiger partial charge is 0.192 e. The van der Waals surface area contributed by atoms with Crippen molar-refractivity contribution in [2.75, 3.05) is 0 Å². The van der Waals surface area contributed by atoms with Crippen LogP contribution in [0.1, 0.15) is 0 Å². The molecule has 0 aliphatic rings. The highest BCUT2D eigenvalue weighted by Gasteiger charge is 2.12. The number of nitrogens with one attached hydrogen (secondary N) is 2. The number of pyridine rings is 1. The molecule has 0 amide bonds. The molecule has 0 aliphatic heterocycles. The van der Waals surface area contributed by atoms with Gasteiger partial charge >= 0.3 is 0 Å². The monoisotopic (exact) mass is 247 g/mol. The number of fused-ring (bicyclic) bond motifs is 1. The number of imidazole rings is 1. The van der Waals surface area contributed by atoms with E-state index in [1.54, 1.807) is 0 Å². The summed E-state index contributed by atoms with van der Waals surface area (Å²) < 4.78 is 26.5. The minimum atomic E-state index is -0.764. The first kappa shape index (κ1) is 10.6. The van der Waals surface area contributed by atoms with Crippen LogP contribution < -0.4 is 5.43 Å². The minimum Gasteiger partial charge on any atom is -0.367 e. The number of halogens is 2. The van der Waals surface area contributed by atoms with Gasteiger partial charge in [-0.1, -0.05) is 0 Å². The summed E-state index contributed by atoms with van der Waals surface area (Å²) in [5.41, 5.74) is 0.239. The fraction of sp³-hybridized carbons (Fsp3) is 0. The summed E-state index contributed by atoms with van der Waals surface area (Å²) in [4.78, 5) is 21.0. The summed E-state index contributed by atoms with van der Waals surface area (Å²) in [5.74, 6) is -1.26. The molecule has 1 aromatic carbocycles. The number of H-pyrrole nitrogens is 2. The van der Waals surface area contributed by atoms with E-state index in [0.29, 0.717) is 0 Å². The van der Waals surface area contributed by atoms with Crippen molar-refractivity contribution in [2.45, 2.75) is 0 Å². The Hall–Kier alpha value is -2.50. The molecule has 0 atom stereocenters. The van der Waals surface area contributed by atoms with Crippen molar-refractivity contribution in [3.05, 3.63) is 52.5 Å². The second-order valence-electron chi connectivity index (χ2n) is 3.79. The molecular formula is C12H7F2N3O. The fourth-order valence-corrected chi connectivity index (χ4v) is 1.77. The molecule has 2 heterocycles. The van der Waals surface area contributed by atoms with Gasteiger partial charge < -0.3 is 9.97 Å². The number of hydrogen-bond donors (Lipinski definition) is 2. The Morgan fingerprint density at radius 2 is 2.06 bits per heavy atom. The SMILES string of the molecule is O=c1cc[nH]cc1-c1nc2c(F)cc(F)cc2[nH]1. The predicted molar refractivity (Wildman–Crippen MR) is 62.1 cm³/mol. The van der Waals surface area contributed by atoms with E-state index in [-0.39, 0.29) is 27.9 Å². The largest absolute Gasteiger partial charge is 0.367 e. The van der Waals surface area contributed by atoms with Crippen molar-refractivity contribution >= 4 is 11.0 Å². The molecule has 0 radical (unpaired) electrons. The lowest BCUT2D eigenvalue weighted by Crippen LogP contribution is -2.03. The van der Waals surface area contributed by atoms with Crippen molar-refractivity contribution in [1.82, 2.24) is 15.0 Å². The van der Waals surface area contributed by atoms with Crippen LogP contribution in [0.15, 0.2) is 35.4 Å². The van der Waals surface area contributed by atoms with Crippen LogP contribution in [-0.2, 0) is 0 Å². The van der Waals surface area contributed by atoms with Crippen LogP contribution in [-0.4, -0.2) is 15.0 Å². The summed E-state index contributed by atoms with van der Waals surface area (Å²) in [5, 5.41) is 0. The summed E-state index contributed by atoms with van der Waals surface area (Å²) in [6.45, 7) is 0. The van der Waals surface area contributed by atoms with E-state index in [9.17, 15) is 13.6 Å². The van der Waals surface area contributed by atoms with Gasteiger partial charge in [0.1, 0.15) is 17.2 Å². The Balaban J connectivity index is 2.30. The molecule has 18 heavy (non-hydrogen) atoms. The molecule has 0 bridgehead atoms. The van der Waals surface area contributed by atoms with Crippen LogP contribution in [0.5, 0.6) is 0 Å². The van der Waals surface area contributed by atoms with Crippen LogP contribution >= 0.6 is 0 Å². The van der Waals surface area contributed by atoms with Gasteiger partial charge in [0.05, 0.1) is 11.1 Å². The summed E-state index contributed by atoms with van der Waals surface area (Å²) in [6.07, 6.45) is 2.93. The fourth-order valence-electron chi connectivity index (χ4n) is 1.77. The Morgan fingerprint density at radius 3 is 2.83 bits per heavy atom. The molecule has 0 unspecified atom stereocenters. The molecule has 0 fully saturated rings. The van der Waals surface area contributed by atoms with Crippen molar-refractivity contribution < 1.29 is 8.78 Å². The number of aromatic amines is 2. The van der Waals surface area contributed by atoms with Crippen molar-refractivity contribution in [3.63, 3.8) is 0 Å². The van der Waals surface area contributed by atoms with Gasteiger partial charge in [-0.25, -0.2) is 13.8 Å². The molecular weight excluding hydrogens is 240 g/mol. The van der Waals surface area contributed by atoms with Gasteiger partial charge in [-0.15, -0.1) is 0 Å². The van der Waals surface area contributed by atoms with Crippen LogP contribution in [0.4, 0.5) is 8.78 Å². The lowest BCUT2D eigenvalue weighted by molar-refractivity contribution is 0.591. The molecule has 6 heteroatoms. The van der Waals surface area contributed by atoms with E-state index in [2.05, 4.69) is 15.0 Å². The van der Waals surface area contributed by atoms with Crippen LogP contribution in [0.2, 0.25) is 0 Å². The molecule has 2 aromatic heterocycles. The third-order valence-corrected chi connectivity index (χ3v) is 2.58. The predicted octanol–water partition coefficient (Wildman–Crippen LogP) is 2.20. The Morgan fingerprint density at radius 1 is 1.22 bits per heavy atom. The first-order valence-corrected chi connectivity index (χ1v) is 5.17. The molecule has 2 N–H and O–H groups in total. The highest BCUT2D eigenvalue weighted by molar-refractivity contribution is 5.79. The van der Waals surface area contributed by atoms with E-state index in [4.69, 9.17) is 0 Å². The van der Waals surface area contributed by atoms with Crippen LogP contribution in [0.3, 0.4) is 0 Å². The van der Waals surface area contributed by atoms with Gasteiger partial charge in [0, 0.05) is 24.5 Å². The standard InChI is InChI=1S/C12H7F2N3O/c13-6-3-8(14)11-9(4-6)16-12(17-11)7-5-15-2-1-10(7)18/h1-5H,(H,15,18)(H,16,17). The van der Waals surface area contributed by atoms with Crippen LogP contribution in [0.25, 0.3) is 22.4 Å². The minimum absolute atomic E-state index is 0.00894. The van der Waals surface area contributed by atoms with Crippen molar-refractivity contribution in [3.8, 4) is 11.4 Å². The molecule has 0 spiro atoms. The van der Waals surface area contributed by atoms with Gasteiger partial charge in [0.15, 0.2) is 11.2 Å². The van der Waals surface area contributed by atoms with Crippen LogP contribution in [0, 0.1) is 11.6 Å². The Bertz CT molecular complexity index is 791. The first-order valence-electron chi connectivity index (χ1n) is 5.17. The van der Waals surface area contributed by atoms with Gasteiger partial charge in [-0.05, 0) is 6.07 Å². The van der Waals surface area contributed by atoms with E-state index < -0.39 is 11.6 Å². The van der Waals surface area contributed by atoms with E-state index in [0.717, 1.165) is 12.1 Å². The number of benzene rings is 1. The number of rotatable bonds is 1. The number of aromatic nitrogens is 3. The molecule has 3 rings (SSSR count). The zero-order valence-corrected chi connectivity index (χ0v) is 9.00. The van der Waals surface area contributed by atoms with E-state index >= 15 is 0 Å². The van der Waals surface area contributed by atoms with Crippen molar-refractivity contribution in [1.29, 1.82) is 0 Å². The normalized spacial score (nSPS) is 11.0. The maximum atomic E-state index is 13.5. The summed E-state index contributed by atoms with van der Waals surface area (Å²) in [7, 11) is 0. The highest BCUT2D eigenvalue weighted by Crippen LogP contribution is 2.21. The number of hydrogen-bond acceptors (Lipinski definition) is 2. The van der Waals surface area contributed by atoms with Gasteiger partial charge in [-0.2, -0.15) is 0 Å².